The zero-order chi connectivity index (χ0) is 20.4. The van der Waals surface area contributed by atoms with Gasteiger partial charge in [0.05, 0.1) is 33.5 Å². The van der Waals surface area contributed by atoms with E-state index in [0.29, 0.717) is 55.7 Å². The first kappa shape index (κ1) is 25.7. The largest absolute Gasteiger partial charge is 0.497 e. The summed E-state index contributed by atoms with van der Waals surface area (Å²) >= 11 is 0. The van der Waals surface area contributed by atoms with E-state index in [-0.39, 0.29) is 42.5 Å². The molecule has 1 aliphatic heterocycles. The van der Waals surface area contributed by atoms with Crippen molar-refractivity contribution in [2.75, 3.05) is 53.7 Å². The summed E-state index contributed by atoms with van der Waals surface area (Å²) in [4.78, 5) is 4.66. The van der Waals surface area contributed by atoms with Crippen LogP contribution >= 0.6 is 24.0 Å². The molecule has 2 unspecified atom stereocenters. The van der Waals surface area contributed by atoms with Gasteiger partial charge in [-0.1, -0.05) is 0 Å². The highest BCUT2D eigenvalue weighted by Gasteiger charge is 2.34. The van der Waals surface area contributed by atoms with Gasteiger partial charge in [0, 0.05) is 37.3 Å². The Hall–Kier alpha value is -1.30. The minimum absolute atomic E-state index is 0. The number of nitrogens with zero attached hydrogens (tertiary/aromatic N) is 1. The third kappa shape index (κ3) is 7.47. The quantitative estimate of drug-likeness (QED) is 0.210. The topological polar surface area (TPSA) is 105 Å². The van der Waals surface area contributed by atoms with Gasteiger partial charge in [-0.25, -0.2) is 0 Å². The van der Waals surface area contributed by atoms with Crippen molar-refractivity contribution in [3.8, 4) is 11.5 Å². The van der Waals surface area contributed by atoms with Gasteiger partial charge in [-0.15, -0.1) is 24.0 Å². The highest BCUT2D eigenvalue weighted by molar-refractivity contribution is 14.0. The molecule has 1 aliphatic rings. The maximum Gasteiger partial charge on any atom is 0.191 e. The molecule has 0 aliphatic carbocycles. The maximum absolute atomic E-state index is 10.7. The molecule has 8 nitrogen and oxygen atoms in total. The van der Waals surface area contributed by atoms with Crippen LogP contribution in [0, 0.1) is 5.41 Å². The highest BCUT2D eigenvalue weighted by Crippen LogP contribution is 2.32. The van der Waals surface area contributed by atoms with Crippen molar-refractivity contribution in [1.82, 2.24) is 10.6 Å². The lowest BCUT2D eigenvalue weighted by atomic mass is 9.84. The van der Waals surface area contributed by atoms with Crippen LogP contribution in [0.3, 0.4) is 0 Å². The van der Waals surface area contributed by atoms with Crippen LogP contribution in [0.2, 0.25) is 0 Å². The second kappa shape index (κ2) is 13.1. The number of aliphatic imine (C=N–C) groups is 1. The lowest BCUT2D eigenvalue weighted by molar-refractivity contribution is 0.131. The summed E-state index contributed by atoms with van der Waals surface area (Å²) in [5, 5.41) is 26.4. The molecule has 0 saturated carbocycles. The summed E-state index contributed by atoms with van der Waals surface area (Å²) in [6, 6.07) is 5.33. The van der Waals surface area contributed by atoms with Crippen molar-refractivity contribution in [3.63, 3.8) is 0 Å². The van der Waals surface area contributed by atoms with Gasteiger partial charge in [0.25, 0.3) is 0 Å². The van der Waals surface area contributed by atoms with Gasteiger partial charge >= 0.3 is 0 Å². The van der Waals surface area contributed by atoms with Crippen molar-refractivity contribution >= 4 is 29.9 Å². The minimum atomic E-state index is -0.796. The van der Waals surface area contributed by atoms with Crippen LogP contribution in [0.25, 0.3) is 0 Å². The average Bonchev–Trinajstić information content (AvgIpc) is 3.18. The Morgan fingerprint density at radius 1 is 1.31 bits per heavy atom. The molecule has 1 aromatic rings. The number of hydrogen-bond donors (Lipinski definition) is 4. The Bertz CT molecular complexity index is 639. The normalized spacial score (nSPS) is 20.0. The number of nitrogens with one attached hydrogen (secondary N) is 2. The zero-order valence-corrected chi connectivity index (χ0v) is 19.8. The number of aliphatic hydroxyl groups excluding tert-OH is 2. The van der Waals surface area contributed by atoms with E-state index in [1.54, 1.807) is 32.4 Å². The smallest absolute Gasteiger partial charge is 0.191 e. The highest BCUT2D eigenvalue weighted by atomic mass is 127. The van der Waals surface area contributed by atoms with Gasteiger partial charge in [0.15, 0.2) is 5.96 Å². The first-order chi connectivity index (χ1) is 13.6. The number of guanidine groups is 1. The molecule has 0 spiro atoms. The van der Waals surface area contributed by atoms with Crippen LogP contribution in [-0.4, -0.2) is 69.8 Å². The van der Waals surface area contributed by atoms with E-state index < -0.39 is 6.10 Å². The number of benzene rings is 1. The Labute approximate surface area is 190 Å². The van der Waals surface area contributed by atoms with Gasteiger partial charge in [-0.05, 0) is 38.0 Å². The fourth-order valence-electron chi connectivity index (χ4n) is 3.28. The van der Waals surface area contributed by atoms with Crippen molar-refractivity contribution in [2.24, 2.45) is 10.4 Å². The fraction of sp³-hybridized carbons (Fsp3) is 0.650. The van der Waals surface area contributed by atoms with Crippen LogP contribution in [0.1, 0.15) is 31.4 Å². The number of hydrogen-bond acceptors (Lipinski definition) is 6. The van der Waals surface area contributed by atoms with Gasteiger partial charge in [-0.2, -0.15) is 0 Å². The number of halogens is 1. The first-order valence-electron chi connectivity index (χ1n) is 9.68. The lowest BCUT2D eigenvalue weighted by Crippen LogP contribution is -2.40. The second-order valence-corrected chi connectivity index (χ2v) is 6.98. The third-order valence-electron chi connectivity index (χ3n) is 5.00. The van der Waals surface area contributed by atoms with Gasteiger partial charge in [-0.3, -0.25) is 4.99 Å². The summed E-state index contributed by atoms with van der Waals surface area (Å²) < 4.78 is 16.1. The maximum atomic E-state index is 10.7. The van der Waals surface area contributed by atoms with E-state index in [1.165, 1.54) is 0 Å². The molecule has 9 heteroatoms. The number of ether oxygens (including phenoxy) is 3. The molecule has 2 atom stereocenters. The SMILES string of the molecule is CCNC(=NCC1(CCO)CCOC1)NCC(O)c1cc(OC)ccc1OC.I. The van der Waals surface area contributed by atoms with Crippen molar-refractivity contribution in [1.29, 1.82) is 0 Å². The van der Waals surface area contributed by atoms with Crippen molar-refractivity contribution in [2.45, 2.75) is 25.9 Å². The van der Waals surface area contributed by atoms with E-state index in [2.05, 4.69) is 15.6 Å². The van der Waals surface area contributed by atoms with Gasteiger partial charge < -0.3 is 35.1 Å². The first-order valence-corrected chi connectivity index (χ1v) is 9.68. The van der Waals surface area contributed by atoms with E-state index in [1.807, 2.05) is 6.92 Å². The molecule has 1 saturated heterocycles. The lowest BCUT2D eigenvalue weighted by Gasteiger charge is -2.25. The van der Waals surface area contributed by atoms with Crippen LogP contribution < -0.4 is 20.1 Å². The van der Waals surface area contributed by atoms with Crippen molar-refractivity contribution in [3.05, 3.63) is 23.8 Å². The minimum Gasteiger partial charge on any atom is -0.497 e. The van der Waals surface area contributed by atoms with E-state index >= 15 is 0 Å². The summed E-state index contributed by atoms with van der Waals surface area (Å²) in [5.41, 5.74) is 0.525. The molecule has 4 N–H and O–H groups in total. The molecular weight excluding hydrogens is 489 g/mol. The number of rotatable bonds is 10. The molecule has 0 amide bonds. The zero-order valence-electron chi connectivity index (χ0n) is 17.4. The molecule has 166 valence electrons. The molecule has 29 heavy (non-hydrogen) atoms. The van der Waals surface area contributed by atoms with Crippen LogP contribution in [0.5, 0.6) is 11.5 Å². The molecule has 1 heterocycles. The number of methoxy groups -OCH3 is 2. The average molecular weight is 523 g/mol. The molecule has 1 aromatic carbocycles. The van der Waals surface area contributed by atoms with E-state index in [4.69, 9.17) is 14.2 Å². The molecule has 1 fully saturated rings. The van der Waals surface area contributed by atoms with Crippen LogP contribution in [0.4, 0.5) is 0 Å². The van der Waals surface area contributed by atoms with E-state index in [9.17, 15) is 10.2 Å². The summed E-state index contributed by atoms with van der Waals surface area (Å²) in [5.74, 6) is 1.87. The Kier molecular flexibility index (Phi) is 11.6. The predicted molar refractivity (Wildman–Crippen MR) is 123 cm³/mol. The third-order valence-corrected chi connectivity index (χ3v) is 5.00. The molecule has 0 aromatic heterocycles. The Morgan fingerprint density at radius 3 is 2.69 bits per heavy atom. The molecular formula is C20H34IN3O5. The van der Waals surface area contributed by atoms with Gasteiger partial charge in [0.1, 0.15) is 11.5 Å². The standard InChI is InChI=1S/C20H33N3O5.HI/c1-4-21-19(23-13-20(7-9-24)8-10-28-14-20)22-12-17(25)16-11-15(26-2)5-6-18(16)27-3;/h5-6,11,17,24-25H,4,7-10,12-14H2,1-3H3,(H2,21,22,23);1H. The Morgan fingerprint density at radius 2 is 2.10 bits per heavy atom. The summed E-state index contributed by atoms with van der Waals surface area (Å²) in [6.45, 7) is 4.94. The monoisotopic (exact) mass is 523 g/mol. The van der Waals surface area contributed by atoms with E-state index in [0.717, 1.165) is 6.42 Å². The molecule has 0 radical (unpaired) electrons. The molecule has 2 rings (SSSR count). The second-order valence-electron chi connectivity index (χ2n) is 6.98. The summed E-state index contributed by atoms with van der Waals surface area (Å²) in [7, 11) is 3.16. The van der Waals surface area contributed by atoms with Crippen LogP contribution in [-0.2, 0) is 4.74 Å². The summed E-state index contributed by atoms with van der Waals surface area (Å²) in [6.07, 6.45) is 0.759. The fourth-order valence-corrected chi connectivity index (χ4v) is 3.28. The predicted octanol–water partition coefficient (Wildman–Crippen LogP) is 1.70. The van der Waals surface area contributed by atoms with Gasteiger partial charge in [0.2, 0.25) is 0 Å². The molecule has 0 bridgehead atoms. The number of aliphatic hydroxyl groups is 2. The van der Waals surface area contributed by atoms with Crippen molar-refractivity contribution < 1.29 is 24.4 Å². The van der Waals surface area contributed by atoms with Crippen LogP contribution in [0.15, 0.2) is 23.2 Å². The Balaban J connectivity index is 0.00000420.